The topological polar surface area (TPSA) is 73.6 Å². The van der Waals surface area contributed by atoms with Crippen LogP contribution in [0.2, 0.25) is 0 Å². The van der Waals surface area contributed by atoms with Gasteiger partial charge in [-0.05, 0) is 40.5 Å². The van der Waals surface area contributed by atoms with E-state index in [1.165, 1.54) is 0 Å². The van der Waals surface area contributed by atoms with Crippen LogP contribution < -0.4 is 20.5 Å². The summed E-state index contributed by atoms with van der Waals surface area (Å²) in [4.78, 5) is 10.8. The number of carbonyl (C=O) groups is 1. The van der Waals surface area contributed by atoms with E-state index < -0.39 is 0 Å². The minimum absolute atomic E-state index is 0.175. The third-order valence-electron chi connectivity index (χ3n) is 2.68. The summed E-state index contributed by atoms with van der Waals surface area (Å²) in [5.74, 6) is 0.880. The zero-order valence-corrected chi connectivity index (χ0v) is 14.3. The molecule has 3 N–H and O–H groups in total. The maximum atomic E-state index is 10.8. The molecule has 0 aliphatic rings. The number of rotatable bonds is 9. The number of ether oxygens (including phenoxy) is 2. The Morgan fingerprint density at radius 1 is 1.38 bits per heavy atom. The van der Waals surface area contributed by atoms with E-state index >= 15 is 0 Å². The first-order valence-corrected chi connectivity index (χ1v) is 7.83. The van der Waals surface area contributed by atoms with E-state index in [9.17, 15) is 4.79 Å². The van der Waals surface area contributed by atoms with Crippen molar-refractivity contribution in [2.24, 2.45) is 5.73 Å². The van der Waals surface area contributed by atoms with E-state index in [0.29, 0.717) is 24.1 Å². The number of carbonyl (C=O) groups excluding carboxylic acids is 1. The lowest BCUT2D eigenvalue weighted by atomic mass is 10.2. The predicted molar refractivity (Wildman–Crippen MR) is 86.6 cm³/mol. The fourth-order valence-corrected chi connectivity index (χ4v) is 2.31. The zero-order valence-electron chi connectivity index (χ0n) is 12.7. The van der Waals surface area contributed by atoms with Crippen molar-refractivity contribution in [2.75, 3.05) is 13.2 Å². The molecule has 0 saturated heterocycles. The van der Waals surface area contributed by atoms with E-state index in [0.717, 1.165) is 16.6 Å². The number of halogens is 1. The Balaban J connectivity index is 2.87. The van der Waals surface area contributed by atoms with Crippen LogP contribution in [0.25, 0.3) is 0 Å². The molecule has 0 aromatic heterocycles. The summed E-state index contributed by atoms with van der Waals surface area (Å²) in [6.45, 7) is 7.63. The standard InChI is InChI=1S/C15H23BrN2O3/c1-4-20-13-8-11(9-18-10(2)3)7-12(16)15(13)21-6-5-14(17)19/h7-8,10,18H,4-6,9H2,1-3H3,(H2,17,19). The predicted octanol–water partition coefficient (Wildman–Crippen LogP) is 2.60. The number of hydrogen-bond donors (Lipinski definition) is 2. The van der Waals surface area contributed by atoms with Gasteiger partial charge >= 0.3 is 0 Å². The smallest absolute Gasteiger partial charge is 0.220 e. The van der Waals surface area contributed by atoms with Crippen molar-refractivity contribution in [1.29, 1.82) is 0 Å². The molecule has 5 nitrogen and oxygen atoms in total. The summed E-state index contributed by atoms with van der Waals surface area (Å²) in [7, 11) is 0. The second-order valence-corrected chi connectivity index (χ2v) is 5.79. The van der Waals surface area contributed by atoms with Crippen molar-refractivity contribution in [2.45, 2.75) is 39.8 Å². The molecule has 0 bridgehead atoms. The second kappa shape index (κ2) is 8.89. The Hall–Kier alpha value is -1.27. The van der Waals surface area contributed by atoms with Crippen molar-refractivity contribution >= 4 is 21.8 Å². The molecule has 0 fully saturated rings. The van der Waals surface area contributed by atoms with Crippen LogP contribution in [-0.4, -0.2) is 25.2 Å². The molecule has 0 unspecified atom stereocenters. The summed E-state index contributed by atoms with van der Waals surface area (Å²) < 4.78 is 12.0. The van der Waals surface area contributed by atoms with Crippen LogP contribution in [0.1, 0.15) is 32.8 Å². The molecule has 0 radical (unpaired) electrons. The summed E-state index contributed by atoms with van der Waals surface area (Å²) in [5, 5.41) is 3.36. The molecule has 1 amide bonds. The van der Waals surface area contributed by atoms with Gasteiger partial charge in [0.25, 0.3) is 0 Å². The Morgan fingerprint density at radius 3 is 2.67 bits per heavy atom. The molecule has 0 atom stereocenters. The van der Waals surface area contributed by atoms with Crippen LogP contribution in [0.5, 0.6) is 11.5 Å². The first kappa shape index (κ1) is 17.8. The highest BCUT2D eigenvalue weighted by Gasteiger charge is 2.13. The molecule has 1 rings (SSSR count). The lowest BCUT2D eigenvalue weighted by Gasteiger charge is -2.16. The summed E-state index contributed by atoms with van der Waals surface area (Å²) in [6, 6.07) is 4.34. The maximum Gasteiger partial charge on any atom is 0.220 e. The summed E-state index contributed by atoms with van der Waals surface area (Å²) in [5.41, 5.74) is 6.21. The van der Waals surface area contributed by atoms with Crippen LogP contribution in [-0.2, 0) is 11.3 Å². The molecule has 0 aliphatic carbocycles. The van der Waals surface area contributed by atoms with Gasteiger partial charge in [-0.15, -0.1) is 0 Å². The van der Waals surface area contributed by atoms with E-state index in [1.807, 2.05) is 19.1 Å². The van der Waals surface area contributed by atoms with Gasteiger partial charge in [0.2, 0.25) is 5.91 Å². The zero-order chi connectivity index (χ0) is 15.8. The SMILES string of the molecule is CCOc1cc(CNC(C)C)cc(Br)c1OCCC(N)=O. The van der Waals surface area contributed by atoms with E-state index in [4.69, 9.17) is 15.2 Å². The van der Waals surface area contributed by atoms with Crippen molar-refractivity contribution in [3.05, 3.63) is 22.2 Å². The average Bonchev–Trinajstić information content (AvgIpc) is 2.39. The van der Waals surface area contributed by atoms with Crippen molar-refractivity contribution in [3.63, 3.8) is 0 Å². The number of nitrogens with two attached hydrogens (primary N) is 1. The van der Waals surface area contributed by atoms with Gasteiger partial charge in [0.05, 0.1) is 24.1 Å². The first-order valence-electron chi connectivity index (χ1n) is 7.03. The first-order chi connectivity index (χ1) is 9.93. The highest BCUT2D eigenvalue weighted by atomic mass is 79.9. The number of hydrogen-bond acceptors (Lipinski definition) is 4. The van der Waals surface area contributed by atoms with Crippen LogP contribution in [0.4, 0.5) is 0 Å². The van der Waals surface area contributed by atoms with Crippen LogP contribution in [0.3, 0.4) is 0 Å². The second-order valence-electron chi connectivity index (χ2n) is 4.94. The molecule has 1 aromatic carbocycles. The lowest BCUT2D eigenvalue weighted by Crippen LogP contribution is -2.21. The van der Waals surface area contributed by atoms with Gasteiger partial charge in [-0.1, -0.05) is 13.8 Å². The van der Waals surface area contributed by atoms with Gasteiger partial charge in [0.15, 0.2) is 11.5 Å². The summed E-state index contributed by atoms with van der Waals surface area (Å²) in [6.07, 6.45) is 0.175. The fraction of sp³-hybridized carbons (Fsp3) is 0.533. The van der Waals surface area contributed by atoms with Crippen LogP contribution >= 0.6 is 15.9 Å². The Kier molecular flexibility index (Phi) is 7.53. The molecule has 0 heterocycles. The molecular formula is C15H23BrN2O3. The maximum absolute atomic E-state index is 10.8. The minimum Gasteiger partial charge on any atom is -0.490 e. The monoisotopic (exact) mass is 358 g/mol. The van der Waals surface area contributed by atoms with Crippen molar-refractivity contribution in [1.82, 2.24) is 5.32 Å². The highest BCUT2D eigenvalue weighted by Crippen LogP contribution is 2.37. The van der Waals surface area contributed by atoms with Gasteiger partial charge in [-0.2, -0.15) is 0 Å². The molecule has 0 aliphatic heterocycles. The van der Waals surface area contributed by atoms with Crippen molar-refractivity contribution in [3.8, 4) is 11.5 Å². The average molecular weight is 359 g/mol. The molecular weight excluding hydrogens is 336 g/mol. The van der Waals surface area contributed by atoms with Gasteiger partial charge < -0.3 is 20.5 Å². The largest absolute Gasteiger partial charge is 0.490 e. The lowest BCUT2D eigenvalue weighted by molar-refractivity contribution is -0.118. The third-order valence-corrected chi connectivity index (χ3v) is 3.27. The number of nitrogens with one attached hydrogen (secondary N) is 1. The Bertz CT molecular complexity index is 478. The Morgan fingerprint density at radius 2 is 2.10 bits per heavy atom. The van der Waals surface area contributed by atoms with E-state index in [1.54, 1.807) is 0 Å². The van der Waals surface area contributed by atoms with E-state index in [2.05, 4.69) is 35.1 Å². The molecule has 0 spiro atoms. The quantitative estimate of drug-likeness (QED) is 0.711. The van der Waals surface area contributed by atoms with E-state index in [-0.39, 0.29) is 18.9 Å². The van der Waals surface area contributed by atoms with Gasteiger partial charge in [-0.25, -0.2) is 0 Å². The van der Waals surface area contributed by atoms with Gasteiger partial charge in [-0.3, -0.25) is 4.79 Å². The van der Waals surface area contributed by atoms with Crippen molar-refractivity contribution < 1.29 is 14.3 Å². The Labute approximate surface area is 134 Å². The molecule has 118 valence electrons. The minimum atomic E-state index is -0.387. The normalized spacial score (nSPS) is 10.7. The number of primary amides is 1. The number of benzene rings is 1. The molecule has 21 heavy (non-hydrogen) atoms. The summed E-state index contributed by atoms with van der Waals surface area (Å²) >= 11 is 3.49. The molecule has 0 saturated carbocycles. The van der Waals surface area contributed by atoms with Gasteiger partial charge in [0.1, 0.15) is 0 Å². The van der Waals surface area contributed by atoms with Crippen LogP contribution in [0, 0.1) is 0 Å². The molecule has 1 aromatic rings. The third kappa shape index (κ3) is 6.35. The van der Waals surface area contributed by atoms with Gasteiger partial charge in [0, 0.05) is 12.6 Å². The molecule has 6 heteroatoms. The van der Waals surface area contributed by atoms with Crippen LogP contribution in [0.15, 0.2) is 16.6 Å². The highest BCUT2D eigenvalue weighted by molar-refractivity contribution is 9.10. The fourth-order valence-electron chi connectivity index (χ4n) is 1.70. The number of amides is 1.